The number of aromatic nitrogens is 3. The third-order valence-electron chi connectivity index (χ3n) is 4.44. The molecule has 124 valence electrons. The number of nitrogens with zero attached hydrogens (tertiary/aromatic N) is 4. The zero-order valence-electron chi connectivity index (χ0n) is 13.9. The molecule has 6 heteroatoms. The summed E-state index contributed by atoms with van der Waals surface area (Å²) in [5.41, 5.74) is 4.53. The van der Waals surface area contributed by atoms with E-state index in [0.717, 1.165) is 48.8 Å². The van der Waals surface area contributed by atoms with Crippen LogP contribution in [-0.4, -0.2) is 33.5 Å². The molecule has 6 nitrogen and oxygen atoms in total. The minimum atomic E-state index is 0.754. The molecule has 0 atom stereocenters. The van der Waals surface area contributed by atoms with Crippen LogP contribution in [0.15, 0.2) is 41.2 Å². The van der Waals surface area contributed by atoms with Gasteiger partial charge in [-0.1, -0.05) is 11.2 Å². The predicted octanol–water partition coefficient (Wildman–Crippen LogP) is 2.64. The minimum absolute atomic E-state index is 0.754. The number of ether oxygens (including phenoxy) is 1. The van der Waals surface area contributed by atoms with Crippen LogP contribution in [0.2, 0.25) is 0 Å². The summed E-state index contributed by atoms with van der Waals surface area (Å²) in [4.78, 5) is 2.37. The van der Waals surface area contributed by atoms with Crippen molar-refractivity contribution in [1.82, 2.24) is 19.8 Å². The van der Waals surface area contributed by atoms with E-state index in [-0.39, 0.29) is 0 Å². The van der Waals surface area contributed by atoms with E-state index in [4.69, 9.17) is 9.26 Å². The molecule has 4 rings (SSSR count). The summed E-state index contributed by atoms with van der Waals surface area (Å²) >= 11 is 0. The first-order chi connectivity index (χ1) is 11.7. The number of methoxy groups -OCH3 is 1. The number of aryl methyl sites for hydroxylation is 1. The van der Waals surface area contributed by atoms with E-state index < -0.39 is 0 Å². The van der Waals surface area contributed by atoms with Gasteiger partial charge in [0, 0.05) is 38.0 Å². The van der Waals surface area contributed by atoms with Crippen LogP contribution in [0.3, 0.4) is 0 Å². The van der Waals surface area contributed by atoms with Crippen molar-refractivity contribution in [2.24, 2.45) is 7.05 Å². The largest absolute Gasteiger partial charge is 0.497 e. The highest BCUT2D eigenvalue weighted by Crippen LogP contribution is 2.25. The maximum Gasteiger partial charge on any atom is 0.151 e. The number of hydrogen-bond donors (Lipinski definition) is 0. The Labute approximate surface area is 140 Å². The number of fused-ring (bicyclic) bond motifs is 1. The first kappa shape index (κ1) is 15.0. The second-order valence-corrected chi connectivity index (χ2v) is 6.18. The van der Waals surface area contributed by atoms with Crippen molar-refractivity contribution in [1.29, 1.82) is 0 Å². The molecule has 2 aromatic heterocycles. The third-order valence-corrected chi connectivity index (χ3v) is 4.44. The molecule has 3 aromatic rings. The van der Waals surface area contributed by atoms with Crippen molar-refractivity contribution in [3.05, 3.63) is 53.5 Å². The summed E-state index contributed by atoms with van der Waals surface area (Å²) in [6.07, 6.45) is 4.78. The first-order valence-electron chi connectivity index (χ1n) is 8.04. The molecule has 0 unspecified atom stereocenters. The summed E-state index contributed by atoms with van der Waals surface area (Å²) in [6.45, 7) is 2.67. The Balaban J connectivity index is 1.47. The Morgan fingerprint density at radius 1 is 1.25 bits per heavy atom. The molecule has 0 N–H and O–H groups in total. The van der Waals surface area contributed by atoms with Gasteiger partial charge in [0.25, 0.3) is 0 Å². The molecule has 24 heavy (non-hydrogen) atoms. The van der Waals surface area contributed by atoms with E-state index in [1.165, 1.54) is 11.1 Å². The van der Waals surface area contributed by atoms with Gasteiger partial charge in [0.2, 0.25) is 0 Å². The van der Waals surface area contributed by atoms with Crippen molar-refractivity contribution in [2.75, 3.05) is 13.7 Å². The molecule has 1 aromatic carbocycles. The number of rotatable bonds is 4. The summed E-state index contributed by atoms with van der Waals surface area (Å²) in [5, 5.41) is 8.33. The average Bonchev–Trinajstić information content (AvgIpc) is 3.23. The summed E-state index contributed by atoms with van der Waals surface area (Å²) in [5.74, 6) is 1.79. The highest BCUT2D eigenvalue weighted by molar-refractivity contribution is 5.56. The standard InChI is InChI=1S/C18H20N4O2/c1-21-10-15(9-19-21)18-8-17(24-20-18)12-22-6-5-13-3-4-16(23-2)7-14(13)11-22/h3-4,7-10H,5-6,11-12H2,1-2H3. The SMILES string of the molecule is COc1ccc2c(c1)CN(Cc1cc(-c3cnn(C)c3)no1)CC2. The monoisotopic (exact) mass is 324 g/mol. The van der Waals surface area contributed by atoms with Crippen molar-refractivity contribution < 1.29 is 9.26 Å². The van der Waals surface area contributed by atoms with Crippen LogP contribution in [-0.2, 0) is 26.6 Å². The second-order valence-electron chi connectivity index (χ2n) is 6.18. The molecular weight excluding hydrogens is 304 g/mol. The van der Waals surface area contributed by atoms with Gasteiger partial charge in [-0.15, -0.1) is 0 Å². The van der Waals surface area contributed by atoms with E-state index in [2.05, 4.69) is 27.3 Å². The Bertz CT molecular complexity index is 852. The summed E-state index contributed by atoms with van der Waals surface area (Å²) in [7, 11) is 3.60. The van der Waals surface area contributed by atoms with Gasteiger partial charge < -0.3 is 9.26 Å². The molecule has 0 aliphatic carbocycles. The zero-order chi connectivity index (χ0) is 16.5. The molecule has 0 fully saturated rings. The lowest BCUT2D eigenvalue weighted by Gasteiger charge is -2.28. The Morgan fingerprint density at radius 2 is 2.17 bits per heavy atom. The summed E-state index contributed by atoms with van der Waals surface area (Å²) < 4.78 is 12.6. The van der Waals surface area contributed by atoms with E-state index >= 15 is 0 Å². The molecule has 0 radical (unpaired) electrons. The van der Waals surface area contributed by atoms with Crippen LogP contribution < -0.4 is 4.74 Å². The topological polar surface area (TPSA) is 56.3 Å². The maximum absolute atomic E-state index is 5.51. The lowest BCUT2D eigenvalue weighted by Crippen LogP contribution is -2.29. The third kappa shape index (κ3) is 2.92. The molecule has 0 saturated heterocycles. The summed E-state index contributed by atoms with van der Waals surface area (Å²) in [6, 6.07) is 8.33. The smallest absolute Gasteiger partial charge is 0.151 e. The Kier molecular flexibility index (Phi) is 3.82. The molecule has 1 aliphatic rings. The van der Waals surface area contributed by atoms with Crippen LogP contribution in [0.4, 0.5) is 0 Å². The van der Waals surface area contributed by atoms with E-state index in [1.54, 1.807) is 18.0 Å². The normalized spacial score (nSPS) is 14.6. The zero-order valence-corrected chi connectivity index (χ0v) is 13.9. The predicted molar refractivity (Wildman–Crippen MR) is 89.5 cm³/mol. The molecule has 0 amide bonds. The molecular formula is C18H20N4O2. The van der Waals surface area contributed by atoms with Crippen LogP contribution in [0.25, 0.3) is 11.3 Å². The van der Waals surface area contributed by atoms with Crippen molar-refractivity contribution >= 4 is 0 Å². The Morgan fingerprint density at radius 3 is 2.96 bits per heavy atom. The molecule has 0 saturated carbocycles. The molecule has 0 bridgehead atoms. The van der Waals surface area contributed by atoms with E-state index in [0.29, 0.717) is 0 Å². The lowest BCUT2D eigenvalue weighted by molar-refractivity contribution is 0.214. The van der Waals surface area contributed by atoms with Gasteiger partial charge in [-0.05, 0) is 29.7 Å². The van der Waals surface area contributed by atoms with Gasteiger partial charge in [0.15, 0.2) is 5.76 Å². The molecule has 0 spiro atoms. The molecule has 1 aliphatic heterocycles. The number of hydrogen-bond acceptors (Lipinski definition) is 5. The minimum Gasteiger partial charge on any atom is -0.497 e. The first-order valence-corrected chi connectivity index (χ1v) is 8.04. The van der Waals surface area contributed by atoms with Gasteiger partial charge in [0.05, 0.1) is 19.9 Å². The van der Waals surface area contributed by atoms with Gasteiger partial charge >= 0.3 is 0 Å². The van der Waals surface area contributed by atoms with Crippen LogP contribution in [0, 0.1) is 0 Å². The van der Waals surface area contributed by atoms with E-state index in [1.807, 2.05) is 25.4 Å². The number of benzene rings is 1. The maximum atomic E-state index is 5.51. The van der Waals surface area contributed by atoms with Crippen LogP contribution in [0.1, 0.15) is 16.9 Å². The second kappa shape index (κ2) is 6.13. The van der Waals surface area contributed by atoms with Crippen molar-refractivity contribution in [3.63, 3.8) is 0 Å². The van der Waals surface area contributed by atoms with Gasteiger partial charge in [-0.25, -0.2) is 0 Å². The van der Waals surface area contributed by atoms with Gasteiger partial charge in [0.1, 0.15) is 11.4 Å². The van der Waals surface area contributed by atoms with Gasteiger partial charge in [-0.2, -0.15) is 5.10 Å². The van der Waals surface area contributed by atoms with Crippen LogP contribution in [0.5, 0.6) is 5.75 Å². The van der Waals surface area contributed by atoms with Crippen LogP contribution >= 0.6 is 0 Å². The van der Waals surface area contributed by atoms with Crippen molar-refractivity contribution in [3.8, 4) is 17.0 Å². The van der Waals surface area contributed by atoms with E-state index in [9.17, 15) is 0 Å². The highest BCUT2D eigenvalue weighted by atomic mass is 16.5. The quantitative estimate of drug-likeness (QED) is 0.738. The molecule has 3 heterocycles. The fourth-order valence-corrected chi connectivity index (χ4v) is 3.15. The fourth-order valence-electron chi connectivity index (χ4n) is 3.15. The van der Waals surface area contributed by atoms with Crippen molar-refractivity contribution in [2.45, 2.75) is 19.5 Å². The average molecular weight is 324 g/mol. The lowest BCUT2D eigenvalue weighted by atomic mass is 9.99. The highest BCUT2D eigenvalue weighted by Gasteiger charge is 2.19. The van der Waals surface area contributed by atoms with Gasteiger partial charge in [-0.3, -0.25) is 9.58 Å². The Hall–Kier alpha value is -2.60. The fraction of sp³-hybridized carbons (Fsp3) is 0.333.